The molecule has 0 saturated carbocycles. The molecule has 0 heterocycles. The third-order valence-electron chi connectivity index (χ3n) is 4.99. The second-order valence-electron chi connectivity index (χ2n) is 6.73. The van der Waals surface area contributed by atoms with Crippen LogP contribution in [0.15, 0.2) is 12.7 Å². The Bertz CT molecular complexity index is 357. The quantitative estimate of drug-likeness (QED) is 0.645. The van der Waals surface area contributed by atoms with Crippen LogP contribution < -0.4 is 0 Å². The summed E-state index contributed by atoms with van der Waals surface area (Å²) in [7, 11) is 0. The minimum Gasteiger partial charge on any atom is -0.481 e. The van der Waals surface area contributed by atoms with Gasteiger partial charge in [0.1, 0.15) is 5.78 Å². The van der Waals surface area contributed by atoms with Gasteiger partial charge in [0.05, 0.1) is 0 Å². The summed E-state index contributed by atoms with van der Waals surface area (Å²) in [5.41, 5.74) is -0.611. The minimum atomic E-state index is -0.848. The Morgan fingerprint density at radius 3 is 2.10 bits per heavy atom. The van der Waals surface area contributed by atoms with E-state index < -0.39 is 11.4 Å². The molecule has 0 radical (unpaired) electrons. The molecule has 0 fully saturated rings. The molecule has 1 N–H and O–H groups in total. The molecule has 0 spiro atoms. The van der Waals surface area contributed by atoms with Crippen LogP contribution in [0.3, 0.4) is 0 Å². The van der Waals surface area contributed by atoms with Crippen molar-refractivity contribution in [2.45, 2.75) is 54.4 Å². The van der Waals surface area contributed by atoms with Crippen LogP contribution >= 0.6 is 0 Å². The number of carboxylic acids is 1. The molecule has 0 aromatic carbocycles. The van der Waals surface area contributed by atoms with Crippen LogP contribution in [0.25, 0.3) is 0 Å². The van der Waals surface area contributed by atoms with E-state index in [9.17, 15) is 9.59 Å². The first-order valence-corrected chi connectivity index (χ1v) is 7.42. The van der Waals surface area contributed by atoms with Crippen LogP contribution in [0.4, 0.5) is 0 Å². The first-order chi connectivity index (χ1) is 9.05. The van der Waals surface area contributed by atoms with Crippen LogP contribution in [0, 0.1) is 29.1 Å². The van der Waals surface area contributed by atoms with Gasteiger partial charge in [-0.15, -0.1) is 6.58 Å². The lowest BCUT2D eigenvalue weighted by Gasteiger charge is -2.35. The fourth-order valence-electron chi connectivity index (χ4n) is 2.56. The molecule has 4 unspecified atom stereocenters. The molecule has 20 heavy (non-hydrogen) atoms. The molecular formula is C17H30O3. The second-order valence-corrected chi connectivity index (χ2v) is 6.73. The monoisotopic (exact) mass is 282 g/mol. The fraction of sp³-hybridized carbons (Fsp3) is 0.765. The molecule has 0 bridgehead atoms. The van der Waals surface area contributed by atoms with E-state index in [1.54, 1.807) is 0 Å². The maximum atomic E-state index is 12.7. The molecule has 0 aromatic rings. The van der Waals surface area contributed by atoms with Crippen molar-refractivity contribution in [2.24, 2.45) is 29.1 Å². The summed E-state index contributed by atoms with van der Waals surface area (Å²) in [4.78, 5) is 23.6. The lowest BCUT2D eigenvalue weighted by atomic mass is 9.67. The molecule has 0 rings (SSSR count). The molecule has 0 aliphatic rings. The number of allylic oxidation sites excluding steroid dienone is 1. The largest absolute Gasteiger partial charge is 0.481 e. The number of carbonyl (C=O) groups excluding carboxylic acids is 1. The molecule has 0 aliphatic heterocycles. The van der Waals surface area contributed by atoms with E-state index in [2.05, 4.69) is 20.4 Å². The van der Waals surface area contributed by atoms with Crippen molar-refractivity contribution in [2.75, 3.05) is 0 Å². The van der Waals surface area contributed by atoms with Gasteiger partial charge in [-0.2, -0.15) is 0 Å². The van der Waals surface area contributed by atoms with Gasteiger partial charge in [0.2, 0.25) is 0 Å². The third-order valence-corrected chi connectivity index (χ3v) is 4.99. The highest BCUT2D eigenvalue weighted by Gasteiger charge is 2.39. The number of aliphatic carboxylic acids is 1. The van der Waals surface area contributed by atoms with E-state index in [0.717, 1.165) is 6.42 Å². The number of rotatable bonds is 9. The van der Waals surface area contributed by atoms with Crippen molar-refractivity contribution >= 4 is 11.8 Å². The van der Waals surface area contributed by atoms with Crippen molar-refractivity contribution in [1.29, 1.82) is 0 Å². The predicted octanol–water partition coefficient (Wildman–Crippen LogP) is 4.18. The normalized spacial score (nSPS) is 17.9. The topological polar surface area (TPSA) is 54.4 Å². The highest BCUT2D eigenvalue weighted by molar-refractivity contribution is 5.87. The Hall–Kier alpha value is -1.12. The summed E-state index contributed by atoms with van der Waals surface area (Å²) in [6.45, 7) is 15.5. The second kappa shape index (κ2) is 7.61. The van der Waals surface area contributed by atoms with Crippen LogP contribution in [0.5, 0.6) is 0 Å². The lowest BCUT2D eigenvalue weighted by Crippen LogP contribution is -2.39. The highest BCUT2D eigenvalue weighted by atomic mass is 16.4. The average Bonchev–Trinajstić information content (AvgIpc) is 2.35. The molecule has 3 nitrogen and oxygen atoms in total. The Morgan fingerprint density at radius 1 is 1.20 bits per heavy atom. The summed E-state index contributed by atoms with van der Waals surface area (Å²) in [6, 6.07) is 0. The predicted molar refractivity (Wildman–Crippen MR) is 82.5 cm³/mol. The zero-order valence-electron chi connectivity index (χ0n) is 13.8. The van der Waals surface area contributed by atoms with Crippen molar-refractivity contribution < 1.29 is 14.7 Å². The van der Waals surface area contributed by atoms with Crippen LogP contribution in [0.2, 0.25) is 0 Å². The first kappa shape index (κ1) is 18.9. The first-order valence-electron chi connectivity index (χ1n) is 7.42. The summed E-state index contributed by atoms with van der Waals surface area (Å²) < 4.78 is 0. The number of carboxylic acid groups (broad SMARTS) is 1. The highest BCUT2D eigenvalue weighted by Crippen LogP contribution is 2.36. The van der Waals surface area contributed by atoms with Gasteiger partial charge >= 0.3 is 5.97 Å². The smallest absolute Gasteiger partial charge is 0.303 e. The van der Waals surface area contributed by atoms with Crippen molar-refractivity contribution in [3.8, 4) is 0 Å². The summed E-state index contributed by atoms with van der Waals surface area (Å²) in [5, 5.41) is 8.91. The fourth-order valence-corrected chi connectivity index (χ4v) is 2.56. The Balaban J connectivity index is 4.93. The summed E-state index contributed by atoms with van der Waals surface area (Å²) in [6.07, 6.45) is 2.81. The van der Waals surface area contributed by atoms with E-state index in [1.165, 1.54) is 0 Å². The van der Waals surface area contributed by atoms with E-state index in [-0.39, 0.29) is 30.0 Å². The Kier molecular flexibility index (Phi) is 7.18. The molecular weight excluding hydrogens is 252 g/mol. The molecule has 0 amide bonds. The zero-order valence-corrected chi connectivity index (χ0v) is 13.8. The number of hydrogen-bond acceptors (Lipinski definition) is 2. The molecule has 0 aromatic heterocycles. The number of ketones is 1. The van der Waals surface area contributed by atoms with Crippen molar-refractivity contribution in [3.63, 3.8) is 0 Å². The van der Waals surface area contributed by atoms with E-state index in [0.29, 0.717) is 5.92 Å². The van der Waals surface area contributed by atoms with Crippen molar-refractivity contribution in [1.82, 2.24) is 0 Å². The standard InChI is InChI=1S/C17H30O3/c1-8-9-11(2)13(4)14(5)16(20)17(6,7)12(3)10-15(18)19/h8,11-14H,1,9-10H2,2-7H3,(H,18,19). The average molecular weight is 282 g/mol. The van der Waals surface area contributed by atoms with Gasteiger partial charge in [-0.3, -0.25) is 9.59 Å². The molecule has 4 atom stereocenters. The minimum absolute atomic E-state index is 0.0298. The summed E-state index contributed by atoms with van der Waals surface area (Å²) >= 11 is 0. The maximum Gasteiger partial charge on any atom is 0.303 e. The lowest BCUT2D eigenvalue weighted by molar-refractivity contribution is -0.141. The van der Waals surface area contributed by atoms with Gasteiger partial charge in [-0.25, -0.2) is 0 Å². The van der Waals surface area contributed by atoms with Crippen LogP contribution in [0.1, 0.15) is 54.4 Å². The van der Waals surface area contributed by atoms with Gasteiger partial charge < -0.3 is 5.11 Å². The van der Waals surface area contributed by atoms with E-state index in [1.807, 2.05) is 33.8 Å². The van der Waals surface area contributed by atoms with Gasteiger partial charge in [-0.1, -0.05) is 47.6 Å². The van der Waals surface area contributed by atoms with E-state index in [4.69, 9.17) is 5.11 Å². The summed E-state index contributed by atoms with van der Waals surface area (Å²) in [5.74, 6) is -0.268. The molecule has 116 valence electrons. The SMILES string of the molecule is C=CCC(C)C(C)C(C)C(=O)C(C)(C)C(C)CC(=O)O. The van der Waals surface area contributed by atoms with Crippen LogP contribution in [-0.2, 0) is 9.59 Å². The van der Waals surface area contributed by atoms with Gasteiger partial charge in [-0.05, 0) is 24.2 Å². The van der Waals surface area contributed by atoms with Crippen molar-refractivity contribution in [3.05, 3.63) is 12.7 Å². The van der Waals surface area contributed by atoms with Gasteiger partial charge in [0.15, 0.2) is 0 Å². The van der Waals surface area contributed by atoms with Crippen LogP contribution in [-0.4, -0.2) is 16.9 Å². The van der Waals surface area contributed by atoms with E-state index >= 15 is 0 Å². The zero-order chi connectivity index (χ0) is 16.1. The number of hydrogen-bond donors (Lipinski definition) is 1. The molecule has 0 aliphatic carbocycles. The Labute approximate surface area is 123 Å². The number of Topliss-reactive ketones (excluding diaryl/α,β-unsaturated/α-hetero) is 1. The molecule has 3 heteroatoms. The number of carbonyl (C=O) groups is 2. The maximum absolute atomic E-state index is 12.7. The van der Waals surface area contributed by atoms with Gasteiger partial charge in [0.25, 0.3) is 0 Å². The Morgan fingerprint density at radius 2 is 1.70 bits per heavy atom. The third kappa shape index (κ3) is 4.77. The molecule has 0 saturated heterocycles. The van der Waals surface area contributed by atoms with Gasteiger partial charge in [0, 0.05) is 17.8 Å².